The molecule has 0 atom stereocenters. The van der Waals surface area contributed by atoms with Crippen LogP contribution in [0.4, 0.5) is 0 Å². The van der Waals surface area contributed by atoms with Gasteiger partial charge in [0.25, 0.3) is 10.1 Å². The molecule has 0 bridgehead atoms. The van der Waals surface area contributed by atoms with Crippen LogP contribution in [-0.2, 0) is 14.3 Å². The van der Waals surface area contributed by atoms with Gasteiger partial charge in [-0.2, -0.15) is 8.42 Å². The summed E-state index contributed by atoms with van der Waals surface area (Å²) in [6, 6.07) is 0. The van der Waals surface area contributed by atoms with Gasteiger partial charge in [0.15, 0.2) is 0 Å². The van der Waals surface area contributed by atoms with Crippen molar-refractivity contribution in [3.05, 3.63) is 0 Å². The number of hydrogen-bond acceptors (Lipinski definition) is 3. The summed E-state index contributed by atoms with van der Waals surface area (Å²) in [5, 5.41) is 0. The second-order valence-corrected chi connectivity index (χ2v) is 8.79. The van der Waals surface area contributed by atoms with Gasteiger partial charge in [-0.1, -0.05) is 104 Å². The predicted octanol–water partition coefficient (Wildman–Crippen LogP) is 6.61. The monoisotopic (exact) mass is 362 g/mol. The van der Waals surface area contributed by atoms with Gasteiger partial charge in [-0.3, -0.25) is 4.18 Å². The Hall–Kier alpha value is -0.0900. The zero-order valence-electron chi connectivity index (χ0n) is 16.4. The van der Waals surface area contributed by atoms with E-state index in [9.17, 15) is 8.42 Å². The van der Waals surface area contributed by atoms with Crippen molar-refractivity contribution in [3.8, 4) is 0 Å². The van der Waals surface area contributed by atoms with Crippen molar-refractivity contribution in [2.75, 3.05) is 12.4 Å². The molecule has 0 unspecified atom stereocenters. The van der Waals surface area contributed by atoms with Crippen LogP contribution in [0.3, 0.4) is 0 Å². The molecule has 0 saturated heterocycles. The van der Waals surface area contributed by atoms with Gasteiger partial charge in [0, 0.05) is 0 Å². The van der Waals surface area contributed by atoms with Crippen molar-refractivity contribution < 1.29 is 12.6 Å². The zero-order chi connectivity index (χ0) is 17.9. The van der Waals surface area contributed by atoms with E-state index in [2.05, 4.69) is 6.92 Å². The minimum absolute atomic E-state index is 0.189. The molecule has 0 fully saturated rings. The first-order chi connectivity index (χ1) is 11.6. The molecule has 0 aliphatic heterocycles. The molecule has 0 aromatic rings. The molecule has 0 aliphatic carbocycles. The van der Waals surface area contributed by atoms with Crippen molar-refractivity contribution in [2.45, 2.75) is 117 Å². The van der Waals surface area contributed by atoms with Crippen LogP contribution in [0.15, 0.2) is 0 Å². The van der Waals surface area contributed by atoms with Gasteiger partial charge in [-0.15, -0.1) is 0 Å². The van der Waals surface area contributed by atoms with Gasteiger partial charge < -0.3 is 0 Å². The van der Waals surface area contributed by atoms with Crippen LogP contribution in [-0.4, -0.2) is 20.8 Å². The Morgan fingerprint density at radius 1 is 0.542 bits per heavy atom. The van der Waals surface area contributed by atoms with Crippen LogP contribution >= 0.6 is 0 Å². The van der Waals surface area contributed by atoms with Gasteiger partial charge in [0.1, 0.15) is 0 Å². The summed E-state index contributed by atoms with van der Waals surface area (Å²) < 4.78 is 28.2. The predicted molar refractivity (Wildman–Crippen MR) is 105 cm³/mol. The fraction of sp³-hybridized carbons (Fsp3) is 1.00. The molecular formula is C20H42O3S. The van der Waals surface area contributed by atoms with Gasteiger partial charge in [0.05, 0.1) is 12.4 Å². The van der Waals surface area contributed by atoms with Crippen LogP contribution < -0.4 is 0 Å². The second-order valence-electron chi connectivity index (χ2n) is 7.03. The van der Waals surface area contributed by atoms with Crippen molar-refractivity contribution in [2.24, 2.45) is 0 Å². The molecule has 0 aliphatic rings. The standard InChI is InChI=1S/C20H42O3S/c1-3-5-7-8-9-10-11-12-13-14-15-16-17-18-20-24(21,22)23-19-6-4-2/h3-20H2,1-2H3. The molecule has 0 saturated carbocycles. The molecular weight excluding hydrogens is 320 g/mol. The highest BCUT2D eigenvalue weighted by Gasteiger charge is 2.09. The lowest BCUT2D eigenvalue weighted by atomic mass is 10.0. The summed E-state index contributed by atoms with van der Waals surface area (Å²) >= 11 is 0. The lowest BCUT2D eigenvalue weighted by Crippen LogP contribution is -2.11. The van der Waals surface area contributed by atoms with Crippen LogP contribution in [0, 0.1) is 0 Å². The highest BCUT2D eigenvalue weighted by molar-refractivity contribution is 7.86. The number of hydrogen-bond donors (Lipinski definition) is 0. The summed E-state index contributed by atoms with van der Waals surface area (Å²) in [7, 11) is -3.27. The van der Waals surface area contributed by atoms with Gasteiger partial charge >= 0.3 is 0 Å². The minimum atomic E-state index is -3.27. The Balaban J connectivity index is 3.22. The molecule has 0 spiro atoms. The molecule has 0 heterocycles. The van der Waals surface area contributed by atoms with Crippen molar-refractivity contribution >= 4 is 10.1 Å². The van der Waals surface area contributed by atoms with Crippen molar-refractivity contribution in [3.63, 3.8) is 0 Å². The molecule has 0 rings (SSSR count). The maximum absolute atomic E-state index is 11.6. The van der Waals surface area contributed by atoms with E-state index in [0.29, 0.717) is 6.61 Å². The smallest absolute Gasteiger partial charge is 0.267 e. The number of unbranched alkanes of at least 4 members (excludes halogenated alkanes) is 14. The number of rotatable bonds is 19. The van der Waals surface area contributed by atoms with Crippen LogP contribution in [0.5, 0.6) is 0 Å². The molecule has 0 radical (unpaired) electrons. The van der Waals surface area contributed by atoms with Crippen LogP contribution in [0.1, 0.15) is 117 Å². The maximum atomic E-state index is 11.6. The molecule has 0 aromatic carbocycles. The van der Waals surface area contributed by atoms with E-state index in [1.54, 1.807) is 0 Å². The van der Waals surface area contributed by atoms with Crippen LogP contribution in [0.2, 0.25) is 0 Å². The van der Waals surface area contributed by atoms with E-state index in [0.717, 1.165) is 32.1 Å². The molecule has 146 valence electrons. The average molecular weight is 363 g/mol. The first-order valence-electron chi connectivity index (χ1n) is 10.5. The SMILES string of the molecule is CCCCCCCCCCCCCCCCS(=O)(=O)OCCCC. The normalized spacial score (nSPS) is 11.9. The Morgan fingerprint density at radius 3 is 1.33 bits per heavy atom. The molecule has 0 N–H and O–H groups in total. The lowest BCUT2D eigenvalue weighted by Gasteiger charge is -2.05. The minimum Gasteiger partial charge on any atom is -0.270 e. The first-order valence-corrected chi connectivity index (χ1v) is 12.1. The Kier molecular flexibility index (Phi) is 17.7. The quantitative estimate of drug-likeness (QED) is 0.192. The summed E-state index contributed by atoms with van der Waals surface area (Å²) in [5.41, 5.74) is 0. The fourth-order valence-electron chi connectivity index (χ4n) is 2.86. The van der Waals surface area contributed by atoms with E-state index < -0.39 is 10.1 Å². The molecule has 3 nitrogen and oxygen atoms in total. The van der Waals surface area contributed by atoms with Crippen LogP contribution in [0.25, 0.3) is 0 Å². The lowest BCUT2D eigenvalue weighted by molar-refractivity contribution is 0.310. The second kappa shape index (κ2) is 17.7. The van der Waals surface area contributed by atoms with Crippen molar-refractivity contribution in [1.82, 2.24) is 0 Å². The Bertz CT molecular complexity index is 339. The van der Waals surface area contributed by atoms with E-state index >= 15 is 0 Å². The highest BCUT2D eigenvalue weighted by atomic mass is 32.2. The summed E-state index contributed by atoms with van der Waals surface area (Å²) in [6.07, 6.45) is 19.7. The summed E-state index contributed by atoms with van der Waals surface area (Å²) in [6.45, 7) is 4.64. The van der Waals surface area contributed by atoms with Crippen molar-refractivity contribution in [1.29, 1.82) is 0 Å². The highest BCUT2D eigenvalue weighted by Crippen LogP contribution is 2.13. The molecule has 0 aromatic heterocycles. The first kappa shape index (κ1) is 23.9. The Labute approximate surface area is 152 Å². The van der Waals surface area contributed by atoms with Gasteiger partial charge in [-0.25, -0.2) is 0 Å². The molecule has 0 amide bonds. The maximum Gasteiger partial charge on any atom is 0.267 e. The van der Waals surface area contributed by atoms with Gasteiger partial charge in [-0.05, 0) is 12.8 Å². The largest absolute Gasteiger partial charge is 0.270 e. The molecule has 4 heteroatoms. The third-order valence-corrected chi connectivity index (χ3v) is 5.82. The van der Waals surface area contributed by atoms with Gasteiger partial charge in [0.2, 0.25) is 0 Å². The summed E-state index contributed by atoms with van der Waals surface area (Å²) in [5.74, 6) is 0.189. The average Bonchev–Trinajstić information content (AvgIpc) is 2.55. The topological polar surface area (TPSA) is 43.4 Å². The van der Waals surface area contributed by atoms with E-state index in [-0.39, 0.29) is 5.75 Å². The van der Waals surface area contributed by atoms with E-state index in [1.165, 1.54) is 70.6 Å². The third kappa shape index (κ3) is 18.3. The van der Waals surface area contributed by atoms with E-state index in [4.69, 9.17) is 4.18 Å². The Morgan fingerprint density at radius 2 is 0.917 bits per heavy atom. The fourth-order valence-corrected chi connectivity index (χ4v) is 3.91. The molecule has 24 heavy (non-hydrogen) atoms. The summed E-state index contributed by atoms with van der Waals surface area (Å²) in [4.78, 5) is 0. The zero-order valence-corrected chi connectivity index (χ0v) is 17.2. The van der Waals surface area contributed by atoms with E-state index in [1.807, 2.05) is 6.92 Å². The third-order valence-electron chi connectivity index (χ3n) is 4.51.